The first kappa shape index (κ1) is 24.7. The topological polar surface area (TPSA) is 0 Å². The predicted molar refractivity (Wildman–Crippen MR) is 144 cm³/mol. The Morgan fingerprint density at radius 3 is 1.41 bits per heavy atom. The number of fused-ring (bicyclic) bond motifs is 2. The van der Waals surface area contributed by atoms with Gasteiger partial charge in [-0.1, -0.05) is 0 Å². The van der Waals surface area contributed by atoms with Crippen LogP contribution in [0.15, 0.2) is 47.5 Å². The molecule has 0 saturated heterocycles. The van der Waals surface area contributed by atoms with E-state index >= 15 is 0 Å². The normalized spacial score (nSPS) is 21.5. The van der Waals surface area contributed by atoms with Gasteiger partial charge in [0.15, 0.2) is 0 Å². The summed E-state index contributed by atoms with van der Waals surface area (Å²) >= 11 is -4.64. The second kappa shape index (κ2) is 8.37. The molecule has 0 nitrogen and oxygen atoms in total. The molecule has 4 rings (SSSR count). The Morgan fingerprint density at radius 1 is 0.688 bits per heavy atom. The van der Waals surface area contributed by atoms with Gasteiger partial charge in [0.2, 0.25) is 0 Å². The van der Waals surface area contributed by atoms with Gasteiger partial charge in [-0.05, 0) is 0 Å². The summed E-state index contributed by atoms with van der Waals surface area (Å²) in [6.45, 7) is 18.6. The number of benzene rings is 2. The third-order valence-corrected chi connectivity index (χ3v) is 58.8. The zero-order valence-corrected chi connectivity index (χ0v) is 25.9. The van der Waals surface area contributed by atoms with Crippen LogP contribution in [0.25, 0.3) is 12.2 Å². The van der Waals surface area contributed by atoms with Crippen molar-refractivity contribution in [2.45, 2.75) is 73.7 Å². The van der Waals surface area contributed by atoms with E-state index in [1.165, 1.54) is 44.5 Å². The molecule has 2 unspecified atom stereocenters. The van der Waals surface area contributed by atoms with Crippen LogP contribution in [0.4, 0.5) is 0 Å². The molecule has 0 amide bonds. The molecule has 2 aromatic rings. The maximum absolute atomic E-state index is 8.47. The zero-order valence-electron chi connectivity index (χ0n) is 20.8. The van der Waals surface area contributed by atoms with E-state index in [1.54, 1.807) is 0 Å². The number of hydrogen-bond acceptors (Lipinski definition) is 0. The van der Waals surface area contributed by atoms with Crippen LogP contribution in [0.2, 0.25) is 11.1 Å². The number of rotatable bonds is 5. The Hall–Kier alpha value is -0.400. The molecule has 0 N–H and O–H groups in total. The van der Waals surface area contributed by atoms with Gasteiger partial charge < -0.3 is 0 Å². The molecule has 2 aliphatic carbocycles. The van der Waals surface area contributed by atoms with Crippen molar-refractivity contribution in [3.05, 3.63) is 80.9 Å². The average molecular weight is 564 g/mol. The Bertz CT molecular complexity index is 1060. The Kier molecular flexibility index (Phi) is 6.46. The maximum atomic E-state index is 8.47. The molecule has 171 valence electrons. The number of halogens is 2. The molecule has 0 fully saturated rings. The molecular formula is C28H37Cl2SiZr. The summed E-state index contributed by atoms with van der Waals surface area (Å²) in [5.74, 6) is -1.60. The first-order chi connectivity index (χ1) is 14.9. The summed E-state index contributed by atoms with van der Waals surface area (Å²) in [6.07, 6.45) is 4.79. The van der Waals surface area contributed by atoms with Gasteiger partial charge >= 0.3 is 205 Å². The van der Waals surface area contributed by atoms with Crippen LogP contribution in [-0.2, 0) is 15.6 Å². The molecule has 0 heterocycles. The third-order valence-electron chi connectivity index (χ3n) is 8.17. The zero-order chi connectivity index (χ0) is 23.6. The fourth-order valence-electron chi connectivity index (χ4n) is 7.48. The van der Waals surface area contributed by atoms with Crippen molar-refractivity contribution in [3.63, 3.8) is 0 Å². The fourth-order valence-corrected chi connectivity index (χ4v) is 76.4. The van der Waals surface area contributed by atoms with E-state index in [9.17, 15) is 0 Å². The standard InChI is InChI=1S/2C11H11.C6H15Si.2ClH.Zr/c2*1-8-6-10-5-3-4-9(2)11(10)7-8;1-5(2)7-6(3)4;;;/h2*3-7H,1-2H3;5-7H,1-4H3;2*1H;/q;;;;;+2/p-2. The molecule has 0 bridgehead atoms. The molecule has 2 aromatic carbocycles. The molecule has 32 heavy (non-hydrogen) atoms. The molecule has 2 atom stereocenters. The van der Waals surface area contributed by atoms with Gasteiger partial charge in [0, 0.05) is 0 Å². The number of allylic oxidation sites excluding steroid dienone is 2. The van der Waals surface area contributed by atoms with Crippen molar-refractivity contribution in [1.29, 1.82) is 0 Å². The summed E-state index contributed by atoms with van der Waals surface area (Å²) < 4.78 is 0.381. The Labute approximate surface area is 203 Å². The minimum absolute atomic E-state index is 0.191. The SMILES string of the molecule is CC1=Cc2c(C)cccc2[CH]1[Zr]([Cl])([Cl])([CH]1C(C)=Cc2c(C)cccc21)[SiH](C(C)C)C(C)C. The van der Waals surface area contributed by atoms with Crippen LogP contribution in [0.1, 0.15) is 82.2 Å². The van der Waals surface area contributed by atoms with Crippen molar-refractivity contribution >= 4 is 35.1 Å². The average Bonchev–Trinajstić information content (AvgIpc) is 3.20. The first-order valence-electron chi connectivity index (χ1n) is 12.0. The fraction of sp³-hybridized carbons (Fsp3) is 0.429. The molecule has 0 saturated carbocycles. The summed E-state index contributed by atoms with van der Waals surface area (Å²) in [7, 11) is 16.9. The van der Waals surface area contributed by atoms with E-state index in [-0.39, 0.29) is 7.25 Å². The molecule has 2 aliphatic rings. The summed E-state index contributed by atoms with van der Waals surface area (Å²) in [4.78, 5) is 0. The third kappa shape index (κ3) is 3.46. The molecule has 4 heteroatoms. The second-order valence-corrected chi connectivity index (χ2v) is 51.4. The van der Waals surface area contributed by atoms with Gasteiger partial charge in [-0.15, -0.1) is 0 Å². The van der Waals surface area contributed by atoms with Crippen LogP contribution in [0.3, 0.4) is 0 Å². The second-order valence-electron chi connectivity index (χ2n) is 11.0. The van der Waals surface area contributed by atoms with Crippen LogP contribution < -0.4 is 0 Å². The number of aryl methyl sites for hydroxylation is 2. The van der Waals surface area contributed by atoms with Crippen molar-refractivity contribution < 1.29 is 15.6 Å². The number of hydrogen-bond donors (Lipinski definition) is 0. The van der Waals surface area contributed by atoms with Crippen LogP contribution >= 0.6 is 17.0 Å². The van der Waals surface area contributed by atoms with Gasteiger partial charge in [0.05, 0.1) is 0 Å². The van der Waals surface area contributed by atoms with Crippen LogP contribution in [0.5, 0.6) is 0 Å². The molecule has 0 radical (unpaired) electrons. The summed E-state index contributed by atoms with van der Waals surface area (Å²) in [5.41, 5.74) is 12.1. The monoisotopic (exact) mass is 561 g/mol. The van der Waals surface area contributed by atoms with Crippen molar-refractivity contribution in [1.82, 2.24) is 0 Å². The molecule has 0 spiro atoms. The van der Waals surface area contributed by atoms with Gasteiger partial charge in [-0.25, -0.2) is 0 Å². The minimum atomic E-state index is -4.64. The van der Waals surface area contributed by atoms with Crippen LogP contribution in [0, 0.1) is 13.8 Å². The van der Waals surface area contributed by atoms with E-state index in [4.69, 9.17) is 17.0 Å². The van der Waals surface area contributed by atoms with Gasteiger partial charge in [0.1, 0.15) is 0 Å². The van der Waals surface area contributed by atoms with E-state index in [1.807, 2.05) is 0 Å². The van der Waals surface area contributed by atoms with E-state index in [0.717, 1.165) is 0 Å². The van der Waals surface area contributed by atoms with Crippen molar-refractivity contribution in [2.24, 2.45) is 0 Å². The van der Waals surface area contributed by atoms with E-state index < -0.39 is 21.5 Å². The first-order valence-corrected chi connectivity index (χ1v) is 27.4. The summed E-state index contributed by atoms with van der Waals surface area (Å²) in [6, 6.07) is 13.5. The molecular weight excluding hydrogens is 527 g/mol. The van der Waals surface area contributed by atoms with Gasteiger partial charge in [-0.2, -0.15) is 0 Å². The van der Waals surface area contributed by atoms with Gasteiger partial charge in [-0.3, -0.25) is 0 Å². The van der Waals surface area contributed by atoms with E-state index in [2.05, 4.69) is 104 Å². The van der Waals surface area contributed by atoms with Crippen molar-refractivity contribution in [2.75, 3.05) is 0 Å². The van der Waals surface area contributed by atoms with Crippen LogP contribution in [-0.4, -0.2) is 5.92 Å². The Balaban J connectivity index is 2.09. The van der Waals surface area contributed by atoms with Gasteiger partial charge in [0.25, 0.3) is 0 Å². The van der Waals surface area contributed by atoms with E-state index in [0.29, 0.717) is 11.1 Å². The summed E-state index contributed by atoms with van der Waals surface area (Å²) in [5, 5.41) is 0. The Morgan fingerprint density at radius 2 is 1.06 bits per heavy atom. The van der Waals surface area contributed by atoms with Crippen molar-refractivity contribution in [3.8, 4) is 0 Å². The predicted octanol–water partition coefficient (Wildman–Crippen LogP) is 9.46. The quantitative estimate of drug-likeness (QED) is 0.318. The molecule has 0 aromatic heterocycles. The molecule has 0 aliphatic heterocycles.